The normalized spacial score (nSPS) is 11.1. The molecule has 4 nitrogen and oxygen atoms in total. The molecule has 0 amide bonds. The summed E-state index contributed by atoms with van der Waals surface area (Å²) in [7, 11) is 0. The fourth-order valence-corrected chi connectivity index (χ4v) is 2.64. The summed E-state index contributed by atoms with van der Waals surface area (Å²) >= 11 is 0. The largest absolute Gasteiger partial charge is 0.342 e. The second kappa shape index (κ2) is 5.81. The lowest BCUT2D eigenvalue weighted by Gasteiger charge is -2.07. The van der Waals surface area contributed by atoms with Crippen molar-refractivity contribution in [2.75, 3.05) is 0 Å². The molecule has 0 saturated heterocycles. The van der Waals surface area contributed by atoms with E-state index < -0.39 is 11.6 Å². The second-order valence-corrected chi connectivity index (χ2v) is 5.45. The van der Waals surface area contributed by atoms with Crippen LogP contribution in [0.2, 0.25) is 0 Å². The van der Waals surface area contributed by atoms with Gasteiger partial charge in [-0.25, -0.2) is 18.7 Å². The van der Waals surface area contributed by atoms with Crippen LogP contribution in [-0.4, -0.2) is 19.5 Å². The third kappa shape index (κ3) is 2.62. The van der Waals surface area contributed by atoms with E-state index in [4.69, 9.17) is 0 Å². The van der Waals surface area contributed by atoms with Gasteiger partial charge in [0.2, 0.25) is 0 Å². The smallest absolute Gasteiger partial charge is 0.159 e. The molecular weight excluding hydrogens is 310 g/mol. The van der Waals surface area contributed by atoms with Gasteiger partial charge in [-0.1, -0.05) is 6.07 Å². The minimum atomic E-state index is -0.871. The molecular formula is C18H12F2N4. The Morgan fingerprint density at radius 1 is 0.875 bits per heavy atom. The molecule has 0 aliphatic heterocycles. The van der Waals surface area contributed by atoms with E-state index >= 15 is 0 Å². The molecule has 0 unspecified atom stereocenters. The molecule has 0 saturated carbocycles. The molecule has 6 heteroatoms. The van der Waals surface area contributed by atoms with E-state index in [0.717, 1.165) is 28.2 Å². The van der Waals surface area contributed by atoms with Gasteiger partial charge in [0, 0.05) is 35.9 Å². The van der Waals surface area contributed by atoms with Crippen molar-refractivity contribution in [2.45, 2.75) is 6.54 Å². The predicted molar refractivity (Wildman–Crippen MR) is 86.2 cm³/mol. The summed E-state index contributed by atoms with van der Waals surface area (Å²) in [5.41, 5.74) is 4.01. The summed E-state index contributed by atoms with van der Waals surface area (Å²) in [4.78, 5) is 12.4. The Morgan fingerprint density at radius 2 is 1.71 bits per heavy atom. The number of nitrogens with zero attached hydrogens (tertiary/aromatic N) is 4. The van der Waals surface area contributed by atoms with Gasteiger partial charge in [-0.2, -0.15) is 0 Å². The lowest BCUT2D eigenvalue weighted by atomic mass is 10.1. The van der Waals surface area contributed by atoms with Crippen molar-refractivity contribution in [1.29, 1.82) is 0 Å². The van der Waals surface area contributed by atoms with Crippen LogP contribution in [0.3, 0.4) is 0 Å². The SMILES string of the molecule is Fc1ccc(-c2cnc3ccn(Cc4cncnc4)c3c2)cc1F. The first-order valence-corrected chi connectivity index (χ1v) is 7.35. The molecule has 4 aromatic rings. The van der Waals surface area contributed by atoms with E-state index in [1.54, 1.807) is 24.7 Å². The molecule has 0 aliphatic rings. The molecule has 0 N–H and O–H groups in total. The highest BCUT2D eigenvalue weighted by Gasteiger charge is 2.08. The zero-order valence-electron chi connectivity index (χ0n) is 12.5. The summed E-state index contributed by atoms with van der Waals surface area (Å²) in [5, 5.41) is 0. The van der Waals surface area contributed by atoms with Gasteiger partial charge in [0.15, 0.2) is 11.6 Å². The molecule has 0 radical (unpaired) electrons. The standard InChI is InChI=1S/C18H12F2N4/c19-15-2-1-13(5-16(15)20)14-6-18-17(23-9-14)3-4-24(18)10-12-7-21-11-22-8-12/h1-9,11H,10H2. The van der Waals surface area contributed by atoms with E-state index in [1.165, 1.54) is 12.4 Å². The molecule has 4 rings (SSSR count). The monoisotopic (exact) mass is 322 g/mol. The Kier molecular flexibility index (Phi) is 3.49. The lowest BCUT2D eigenvalue weighted by Crippen LogP contribution is -1.99. The summed E-state index contributed by atoms with van der Waals surface area (Å²) in [6, 6.07) is 7.66. The van der Waals surface area contributed by atoms with E-state index in [9.17, 15) is 8.78 Å². The summed E-state index contributed by atoms with van der Waals surface area (Å²) in [5.74, 6) is -1.73. The van der Waals surface area contributed by atoms with Gasteiger partial charge in [0.1, 0.15) is 6.33 Å². The number of pyridine rings is 1. The third-order valence-electron chi connectivity index (χ3n) is 3.84. The molecule has 118 valence electrons. The van der Waals surface area contributed by atoms with Crippen LogP contribution in [0.4, 0.5) is 8.78 Å². The number of rotatable bonds is 3. The topological polar surface area (TPSA) is 43.6 Å². The van der Waals surface area contributed by atoms with Crippen LogP contribution in [0.15, 0.2) is 61.4 Å². The maximum absolute atomic E-state index is 13.5. The summed E-state index contributed by atoms with van der Waals surface area (Å²) < 4.78 is 28.6. The predicted octanol–water partition coefficient (Wildman–Crippen LogP) is 3.82. The Morgan fingerprint density at radius 3 is 2.50 bits per heavy atom. The molecule has 0 bridgehead atoms. The van der Waals surface area contributed by atoms with Gasteiger partial charge in [-0.05, 0) is 29.8 Å². The van der Waals surface area contributed by atoms with E-state index in [-0.39, 0.29) is 0 Å². The van der Waals surface area contributed by atoms with E-state index in [0.29, 0.717) is 12.1 Å². The van der Waals surface area contributed by atoms with E-state index in [1.807, 2.05) is 22.9 Å². The fourth-order valence-electron chi connectivity index (χ4n) is 2.64. The van der Waals surface area contributed by atoms with Crippen LogP contribution >= 0.6 is 0 Å². The van der Waals surface area contributed by atoms with Gasteiger partial charge in [0.05, 0.1) is 17.6 Å². The van der Waals surface area contributed by atoms with Crippen LogP contribution in [0.5, 0.6) is 0 Å². The van der Waals surface area contributed by atoms with Gasteiger partial charge < -0.3 is 4.57 Å². The van der Waals surface area contributed by atoms with Crippen molar-refractivity contribution >= 4 is 11.0 Å². The molecule has 24 heavy (non-hydrogen) atoms. The molecule has 0 atom stereocenters. The minimum Gasteiger partial charge on any atom is -0.342 e. The van der Waals surface area contributed by atoms with Crippen molar-refractivity contribution in [3.8, 4) is 11.1 Å². The van der Waals surface area contributed by atoms with Crippen molar-refractivity contribution in [1.82, 2.24) is 19.5 Å². The fraction of sp³-hybridized carbons (Fsp3) is 0.0556. The first-order valence-electron chi connectivity index (χ1n) is 7.35. The number of halogens is 2. The lowest BCUT2D eigenvalue weighted by molar-refractivity contribution is 0.509. The van der Waals surface area contributed by atoms with Crippen molar-refractivity contribution < 1.29 is 8.78 Å². The van der Waals surface area contributed by atoms with Crippen LogP contribution in [0, 0.1) is 11.6 Å². The van der Waals surface area contributed by atoms with Crippen molar-refractivity contribution in [3.63, 3.8) is 0 Å². The molecule has 0 spiro atoms. The van der Waals surface area contributed by atoms with Gasteiger partial charge >= 0.3 is 0 Å². The zero-order valence-corrected chi connectivity index (χ0v) is 12.5. The highest BCUT2D eigenvalue weighted by molar-refractivity contribution is 5.81. The maximum Gasteiger partial charge on any atom is 0.159 e. The van der Waals surface area contributed by atoms with Gasteiger partial charge in [-0.15, -0.1) is 0 Å². The molecule has 0 fully saturated rings. The summed E-state index contributed by atoms with van der Waals surface area (Å²) in [6.45, 7) is 0.604. The van der Waals surface area contributed by atoms with Crippen LogP contribution < -0.4 is 0 Å². The second-order valence-electron chi connectivity index (χ2n) is 5.45. The number of fused-ring (bicyclic) bond motifs is 1. The molecule has 1 aromatic carbocycles. The number of hydrogen-bond donors (Lipinski definition) is 0. The molecule has 3 aromatic heterocycles. The Bertz CT molecular complexity index is 1010. The van der Waals surface area contributed by atoms with Gasteiger partial charge in [0.25, 0.3) is 0 Å². The first-order chi connectivity index (χ1) is 11.7. The number of benzene rings is 1. The minimum absolute atomic E-state index is 0.582. The third-order valence-corrected chi connectivity index (χ3v) is 3.84. The number of hydrogen-bond acceptors (Lipinski definition) is 3. The Hall–Kier alpha value is -3.15. The van der Waals surface area contributed by atoms with Crippen LogP contribution in [0.25, 0.3) is 22.2 Å². The van der Waals surface area contributed by atoms with Gasteiger partial charge in [-0.3, -0.25) is 4.98 Å². The highest BCUT2D eigenvalue weighted by Crippen LogP contribution is 2.25. The maximum atomic E-state index is 13.5. The average molecular weight is 322 g/mol. The van der Waals surface area contributed by atoms with Crippen molar-refractivity contribution in [2.24, 2.45) is 0 Å². The average Bonchev–Trinajstić information content (AvgIpc) is 3.00. The Labute approximate surface area is 136 Å². The zero-order chi connectivity index (χ0) is 16.5. The quantitative estimate of drug-likeness (QED) is 0.576. The first kappa shape index (κ1) is 14.4. The Balaban J connectivity index is 1.76. The van der Waals surface area contributed by atoms with Crippen LogP contribution in [-0.2, 0) is 6.54 Å². The highest BCUT2D eigenvalue weighted by atomic mass is 19.2. The van der Waals surface area contributed by atoms with Crippen molar-refractivity contribution in [3.05, 3.63) is 78.6 Å². The summed E-state index contributed by atoms with van der Waals surface area (Å²) in [6.07, 6.45) is 8.58. The van der Waals surface area contributed by atoms with E-state index in [2.05, 4.69) is 15.0 Å². The molecule has 3 heterocycles. The molecule has 0 aliphatic carbocycles. The number of aromatic nitrogens is 4. The van der Waals surface area contributed by atoms with Crippen LogP contribution in [0.1, 0.15) is 5.56 Å².